The average molecular weight is 617 g/mol. The van der Waals surface area contributed by atoms with E-state index in [-0.39, 0.29) is 35.3 Å². The smallest absolute Gasteiger partial charge is 0.434 e. The Morgan fingerprint density at radius 3 is 2.51 bits per heavy atom. The number of thiophene rings is 1. The number of H-pyrrole nitrogens is 1. The predicted octanol–water partition coefficient (Wildman–Crippen LogP) is 3.55. The standard InChI is InChI=1S/C26H31F3N4O6S2/c1-3-41(37,38)33-6-4-15(5-7-33)20-13-31-22-18(20)10-16(11-19(22)23(30)35)17-12-21(40-14-17)24(32(2)8-9-34)39-25(36)26(27,28)29/h10-15,24,31,34H,3-9H2,1-2H3,(H2,30,35). The lowest BCUT2D eigenvalue weighted by Crippen LogP contribution is -2.38. The van der Waals surface area contributed by atoms with Crippen molar-refractivity contribution in [1.29, 1.82) is 0 Å². The molecular weight excluding hydrogens is 585 g/mol. The number of nitrogens with two attached hydrogens (primary N) is 1. The summed E-state index contributed by atoms with van der Waals surface area (Å²) >= 11 is 1.06. The molecule has 15 heteroatoms. The molecule has 1 amide bonds. The van der Waals surface area contributed by atoms with Crippen molar-refractivity contribution < 1.29 is 41.0 Å². The summed E-state index contributed by atoms with van der Waals surface area (Å²) in [6, 6.07) is 5.00. The lowest BCUT2D eigenvalue weighted by molar-refractivity contribution is -0.212. The molecule has 41 heavy (non-hydrogen) atoms. The fraction of sp³-hybridized carbons (Fsp3) is 0.462. The molecule has 4 N–H and O–H groups in total. The van der Waals surface area contributed by atoms with Gasteiger partial charge in [-0.05, 0) is 73.0 Å². The summed E-state index contributed by atoms with van der Waals surface area (Å²) in [7, 11) is -1.87. The highest BCUT2D eigenvalue weighted by Gasteiger charge is 2.43. The van der Waals surface area contributed by atoms with Gasteiger partial charge in [0.2, 0.25) is 10.0 Å². The molecule has 0 bridgehead atoms. The summed E-state index contributed by atoms with van der Waals surface area (Å²) in [6.45, 7) is 1.95. The second kappa shape index (κ2) is 12.1. The van der Waals surface area contributed by atoms with Crippen LogP contribution in [-0.4, -0.2) is 84.8 Å². The Balaban J connectivity index is 1.70. The highest BCUT2D eigenvalue weighted by Crippen LogP contribution is 2.39. The Morgan fingerprint density at radius 1 is 1.24 bits per heavy atom. The maximum absolute atomic E-state index is 13.0. The minimum absolute atomic E-state index is 0.0272. The molecule has 1 aromatic carbocycles. The third-order valence-corrected chi connectivity index (χ3v) is 10.1. The zero-order valence-electron chi connectivity index (χ0n) is 22.4. The van der Waals surface area contributed by atoms with Crippen LogP contribution < -0.4 is 5.73 Å². The molecule has 3 heterocycles. The van der Waals surface area contributed by atoms with E-state index in [4.69, 9.17) is 10.5 Å². The number of esters is 1. The van der Waals surface area contributed by atoms with Crippen molar-refractivity contribution in [2.45, 2.75) is 38.1 Å². The maximum atomic E-state index is 13.0. The number of alkyl halides is 3. The first-order valence-electron chi connectivity index (χ1n) is 12.9. The molecule has 0 saturated carbocycles. The van der Waals surface area contributed by atoms with Gasteiger partial charge in [-0.25, -0.2) is 17.5 Å². The van der Waals surface area contributed by atoms with E-state index in [0.29, 0.717) is 42.6 Å². The van der Waals surface area contributed by atoms with Gasteiger partial charge in [-0.1, -0.05) is 0 Å². The average Bonchev–Trinajstić information content (AvgIpc) is 3.58. The van der Waals surface area contributed by atoms with Crippen molar-refractivity contribution in [3.63, 3.8) is 0 Å². The van der Waals surface area contributed by atoms with E-state index >= 15 is 0 Å². The van der Waals surface area contributed by atoms with Crippen LogP contribution in [-0.2, 0) is 19.6 Å². The van der Waals surface area contributed by atoms with E-state index in [1.807, 2.05) is 6.07 Å². The van der Waals surface area contributed by atoms with E-state index < -0.39 is 34.3 Å². The number of benzene rings is 1. The maximum Gasteiger partial charge on any atom is 0.490 e. The Labute approximate surface area is 238 Å². The summed E-state index contributed by atoms with van der Waals surface area (Å²) in [5.74, 6) is -2.97. The van der Waals surface area contributed by atoms with Crippen molar-refractivity contribution in [2.24, 2.45) is 5.73 Å². The summed E-state index contributed by atoms with van der Waals surface area (Å²) in [6.07, 6.45) is -3.61. The van der Waals surface area contributed by atoms with Crippen molar-refractivity contribution in [1.82, 2.24) is 14.2 Å². The fourth-order valence-electron chi connectivity index (χ4n) is 5.02. The topological polar surface area (TPSA) is 146 Å². The van der Waals surface area contributed by atoms with Crippen LogP contribution in [0.1, 0.15) is 52.7 Å². The number of primary amides is 1. The van der Waals surface area contributed by atoms with Gasteiger partial charge >= 0.3 is 12.1 Å². The van der Waals surface area contributed by atoms with Crippen LogP contribution in [0.5, 0.6) is 0 Å². The first-order chi connectivity index (χ1) is 19.3. The normalized spacial score (nSPS) is 16.4. The number of aromatic nitrogens is 1. The van der Waals surface area contributed by atoms with Crippen LogP contribution in [0.4, 0.5) is 13.2 Å². The van der Waals surface area contributed by atoms with Gasteiger partial charge in [-0.2, -0.15) is 13.2 Å². The van der Waals surface area contributed by atoms with E-state index in [1.165, 1.54) is 16.3 Å². The van der Waals surface area contributed by atoms with Crippen molar-refractivity contribution in [3.05, 3.63) is 45.8 Å². The largest absolute Gasteiger partial charge is 0.490 e. The van der Waals surface area contributed by atoms with Crippen LogP contribution in [0.15, 0.2) is 29.8 Å². The number of hydrogen-bond donors (Lipinski definition) is 3. The van der Waals surface area contributed by atoms with Gasteiger partial charge in [-0.15, -0.1) is 11.3 Å². The van der Waals surface area contributed by atoms with Crippen LogP contribution in [0, 0.1) is 0 Å². The third-order valence-electron chi connectivity index (χ3n) is 7.24. The van der Waals surface area contributed by atoms with Gasteiger partial charge < -0.3 is 20.6 Å². The number of nitrogens with one attached hydrogen (secondary N) is 1. The predicted molar refractivity (Wildman–Crippen MR) is 148 cm³/mol. The third kappa shape index (κ3) is 6.59. The van der Waals surface area contributed by atoms with Gasteiger partial charge in [0.1, 0.15) is 0 Å². The zero-order chi connectivity index (χ0) is 30.1. The second-order valence-electron chi connectivity index (χ2n) is 9.83. The second-order valence-corrected chi connectivity index (χ2v) is 13.0. The quantitative estimate of drug-likeness (QED) is 0.233. The lowest BCUT2D eigenvalue weighted by Gasteiger charge is -2.31. The highest BCUT2D eigenvalue weighted by atomic mass is 32.2. The molecule has 1 fully saturated rings. The molecule has 0 spiro atoms. The van der Waals surface area contributed by atoms with Gasteiger partial charge in [0.15, 0.2) is 6.23 Å². The van der Waals surface area contributed by atoms with E-state index in [2.05, 4.69) is 4.98 Å². The Morgan fingerprint density at radius 2 is 1.93 bits per heavy atom. The number of aliphatic hydroxyl groups excluding tert-OH is 1. The number of piperidine rings is 1. The first kappa shape index (κ1) is 31.0. The van der Waals surface area contributed by atoms with Gasteiger partial charge in [0.25, 0.3) is 5.91 Å². The molecule has 4 rings (SSSR count). The molecule has 0 radical (unpaired) electrons. The molecular formula is C26H31F3N4O6S2. The number of carbonyl (C=O) groups is 2. The lowest BCUT2D eigenvalue weighted by atomic mass is 9.88. The van der Waals surface area contributed by atoms with Crippen LogP contribution in [0.2, 0.25) is 0 Å². The van der Waals surface area contributed by atoms with E-state index in [0.717, 1.165) is 22.3 Å². The minimum atomic E-state index is -5.19. The molecule has 1 aliphatic heterocycles. The number of halogens is 3. The Bertz CT molecular complexity index is 1530. The SMILES string of the molecule is CCS(=O)(=O)N1CCC(c2c[nH]c3c(C(N)=O)cc(-c4csc(C(OC(=O)C(F)(F)F)N(C)CCO)c4)cc23)CC1. The summed E-state index contributed by atoms with van der Waals surface area (Å²) in [5.41, 5.74) is 8.50. The summed E-state index contributed by atoms with van der Waals surface area (Å²) in [4.78, 5) is 28.7. The highest BCUT2D eigenvalue weighted by molar-refractivity contribution is 7.89. The number of aliphatic hydroxyl groups is 1. The van der Waals surface area contributed by atoms with Crippen LogP contribution in [0.3, 0.4) is 0 Å². The molecule has 3 aromatic rings. The number of hydrogen-bond acceptors (Lipinski definition) is 8. The number of sulfonamides is 1. The molecule has 224 valence electrons. The minimum Gasteiger partial charge on any atom is -0.434 e. The molecule has 1 unspecified atom stereocenters. The number of likely N-dealkylation sites (N-methyl/N-ethyl adjacent to an activating group) is 1. The number of fused-ring (bicyclic) bond motifs is 1. The number of aromatic amines is 1. The fourth-order valence-corrected chi connectivity index (χ4v) is 7.16. The molecule has 2 aromatic heterocycles. The number of nitrogens with zero attached hydrogens (tertiary/aromatic N) is 2. The van der Waals surface area contributed by atoms with Gasteiger partial charge in [-0.3, -0.25) is 9.69 Å². The Hall–Kier alpha value is -2.98. The number of rotatable bonds is 10. The molecule has 0 aliphatic carbocycles. The molecule has 1 aliphatic rings. The van der Waals surface area contributed by atoms with E-state index in [9.17, 15) is 36.3 Å². The van der Waals surface area contributed by atoms with Gasteiger partial charge in [0.05, 0.1) is 28.3 Å². The molecule has 1 saturated heterocycles. The zero-order valence-corrected chi connectivity index (χ0v) is 24.0. The number of ether oxygens (including phenoxy) is 1. The molecule has 10 nitrogen and oxygen atoms in total. The first-order valence-corrected chi connectivity index (χ1v) is 15.4. The van der Waals surface area contributed by atoms with E-state index in [1.54, 1.807) is 30.6 Å². The Kier molecular flexibility index (Phi) is 9.13. The number of amides is 1. The monoisotopic (exact) mass is 616 g/mol. The van der Waals surface area contributed by atoms with Gasteiger partial charge in [0, 0.05) is 31.2 Å². The van der Waals surface area contributed by atoms with Crippen molar-refractivity contribution >= 4 is 44.1 Å². The van der Waals surface area contributed by atoms with Crippen LogP contribution >= 0.6 is 11.3 Å². The van der Waals surface area contributed by atoms with Crippen molar-refractivity contribution in [2.75, 3.05) is 39.0 Å². The summed E-state index contributed by atoms with van der Waals surface area (Å²) < 4.78 is 69.7. The number of carbonyl (C=O) groups excluding carboxylic acids is 2. The van der Waals surface area contributed by atoms with Crippen LogP contribution in [0.25, 0.3) is 22.0 Å². The summed E-state index contributed by atoms with van der Waals surface area (Å²) in [5, 5.41) is 11.7. The van der Waals surface area contributed by atoms with Crippen molar-refractivity contribution in [3.8, 4) is 11.1 Å². The molecule has 1 atom stereocenters.